The second-order valence-corrected chi connectivity index (χ2v) is 9.41. The number of hydrogen-bond acceptors (Lipinski definition) is 6. The maximum atomic E-state index is 13.0. The second kappa shape index (κ2) is 8.66. The van der Waals surface area contributed by atoms with Gasteiger partial charge in [-0.15, -0.1) is 0 Å². The minimum Gasteiger partial charge on any atom is -0.490 e. The summed E-state index contributed by atoms with van der Waals surface area (Å²) in [6.45, 7) is 10.1. The van der Waals surface area contributed by atoms with Crippen LogP contribution in [0.2, 0.25) is 0 Å². The second-order valence-electron chi connectivity index (χ2n) is 7.73. The van der Waals surface area contributed by atoms with E-state index < -0.39 is 15.6 Å². The topological polar surface area (TPSA) is 94.2 Å². The molecule has 0 aliphatic carbocycles. The number of anilines is 2. The molecule has 1 heterocycles. The Morgan fingerprint density at radius 2 is 1.77 bits per heavy atom. The number of hydrogen-bond donors (Lipinski definition) is 1. The fourth-order valence-electron chi connectivity index (χ4n) is 3.37. The molecule has 0 unspecified atom stereocenters. The first-order valence-corrected chi connectivity index (χ1v) is 11.6. The van der Waals surface area contributed by atoms with Crippen LogP contribution in [0.4, 0.5) is 11.4 Å². The molecule has 31 heavy (non-hydrogen) atoms. The van der Waals surface area contributed by atoms with Crippen LogP contribution in [-0.2, 0) is 14.8 Å². The van der Waals surface area contributed by atoms with Gasteiger partial charge in [-0.05, 0) is 58.0 Å². The number of rotatable bonds is 7. The van der Waals surface area contributed by atoms with Gasteiger partial charge in [-0.3, -0.25) is 9.52 Å². The Balaban J connectivity index is 1.94. The van der Waals surface area contributed by atoms with E-state index in [1.54, 1.807) is 24.3 Å². The summed E-state index contributed by atoms with van der Waals surface area (Å²) >= 11 is 0. The summed E-state index contributed by atoms with van der Waals surface area (Å²) in [6, 6.07) is 9.33. The van der Waals surface area contributed by atoms with Crippen molar-refractivity contribution in [1.29, 1.82) is 0 Å². The SMILES string of the molecule is CCOc1ccc(NS(=O)(=O)c2ccc3c(c2)N(C(C)=O)CC(C)(C)O3)cc1OCC. The Morgan fingerprint density at radius 1 is 1.10 bits per heavy atom. The van der Waals surface area contributed by atoms with Crippen LogP contribution in [-0.4, -0.2) is 39.7 Å². The zero-order chi connectivity index (χ0) is 22.8. The summed E-state index contributed by atoms with van der Waals surface area (Å²) in [5.74, 6) is 1.27. The lowest BCUT2D eigenvalue weighted by atomic mass is 10.1. The van der Waals surface area contributed by atoms with E-state index in [1.165, 1.54) is 24.0 Å². The number of benzene rings is 2. The Hall–Kier alpha value is -2.94. The smallest absolute Gasteiger partial charge is 0.261 e. The van der Waals surface area contributed by atoms with Gasteiger partial charge in [-0.25, -0.2) is 8.42 Å². The van der Waals surface area contributed by atoms with Gasteiger partial charge in [0.1, 0.15) is 11.4 Å². The molecule has 8 nitrogen and oxygen atoms in total. The fourth-order valence-corrected chi connectivity index (χ4v) is 4.44. The molecule has 1 amide bonds. The molecule has 0 spiro atoms. The van der Waals surface area contributed by atoms with E-state index in [2.05, 4.69) is 4.72 Å². The van der Waals surface area contributed by atoms with Crippen LogP contribution in [0.5, 0.6) is 17.2 Å². The Morgan fingerprint density at radius 3 is 2.42 bits per heavy atom. The van der Waals surface area contributed by atoms with Crippen molar-refractivity contribution in [3.8, 4) is 17.2 Å². The highest BCUT2D eigenvalue weighted by Crippen LogP contribution is 2.39. The molecular formula is C22H28N2O6S. The molecule has 2 aromatic rings. The summed E-state index contributed by atoms with van der Waals surface area (Å²) in [5, 5.41) is 0. The summed E-state index contributed by atoms with van der Waals surface area (Å²) in [6.07, 6.45) is 0. The van der Waals surface area contributed by atoms with E-state index in [1.807, 2.05) is 27.7 Å². The van der Waals surface area contributed by atoms with E-state index in [0.717, 1.165) is 0 Å². The molecule has 0 radical (unpaired) electrons. The largest absolute Gasteiger partial charge is 0.490 e. The molecule has 0 saturated carbocycles. The molecule has 2 aromatic carbocycles. The number of carbonyl (C=O) groups excluding carboxylic acids is 1. The highest BCUT2D eigenvalue weighted by Gasteiger charge is 2.34. The van der Waals surface area contributed by atoms with Crippen LogP contribution in [0.1, 0.15) is 34.6 Å². The van der Waals surface area contributed by atoms with Gasteiger partial charge in [-0.1, -0.05) is 0 Å². The quantitative estimate of drug-likeness (QED) is 0.692. The van der Waals surface area contributed by atoms with Crippen LogP contribution >= 0.6 is 0 Å². The number of nitrogens with one attached hydrogen (secondary N) is 1. The highest BCUT2D eigenvalue weighted by molar-refractivity contribution is 7.92. The third-order valence-electron chi connectivity index (χ3n) is 4.63. The van der Waals surface area contributed by atoms with E-state index >= 15 is 0 Å². The summed E-state index contributed by atoms with van der Waals surface area (Å²) in [4.78, 5) is 13.7. The average molecular weight is 449 g/mol. The van der Waals surface area contributed by atoms with Crippen LogP contribution in [0.15, 0.2) is 41.3 Å². The van der Waals surface area contributed by atoms with E-state index in [0.29, 0.717) is 48.4 Å². The molecule has 1 aliphatic heterocycles. The highest BCUT2D eigenvalue weighted by atomic mass is 32.2. The molecule has 3 rings (SSSR count). The lowest BCUT2D eigenvalue weighted by molar-refractivity contribution is -0.117. The van der Waals surface area contributed by atoms with Crippen LogP contribution in [0, 0.1) is 0 Å². The molecule has 0 saturated heterocycles. The number of sulfonamides is 1. The van der Waals surface area contributed by atoms with Crippen molar-refractivity contribution in [1.82, 2.24) is 0 Å². The minimum atomic E-state index is -3.92. The van der Waals surface area contributed by atoms with Gasteiger partial charge in [0.15, 0.2) is 11.5 Å². The molecule has 168 valence electrons. The van der Waals surface area contributed by atoms with Crippen LogP contribution in [0.3, 0.4) is 0 Å². The Kier molecular flexibility index (Phi) is 6.35. The Labute approximate surface area is 183 Å². The summed E-state index contributed by atoms with van der Waals surface area (Å²) < 4.78 is 45.7. The number of ether oxygens (including phenoxy) is 3. The van der Waals surface area contributed by atoms with E-state index in [-0.39, 0.29) is 10.8 Å². The number of nitrogens with zero attached hydrogens (tertiary/aromatic N) is 1. The maximum Gasteiger partial charge on any atom is 0.261 e. The van der Waals surface area contributed by atoms with Crippen LogP contribution < -0.4 is 23.8 Å². The zero-order valence-corrected chi connectivity index (χ0v) is 19.2. The predicted molar refractivity (Wildman–Crippen MR) is 119 cm³/mol. The standard InChI is InChI=1S/C22H28N2O6S/c1-6-28-20-10-8-16(12-21(20)29-7-2)23-31(26,27)17-9-11-19-18(13-17)24(15(3)25)14-22(4,5)30-19/h8-13,23H,6-7,14H2,1-5H3. The zero-order valence-electron chi connectivity index (χ0n) is 18.4. The maximum absolute atomic E-state index is 13.0. The summed E-state index contributed by atoms with van der Waals surface area (Å²) in [7, 11) is -3.92. The Bertz CT molecular complexity index is 1080. The molecule has 9 heteroatoms. The van der Waals surface area contributed by atoms with Gasteiger partial charge >= 0.3 is 0 Å². The number of amides is 1. The third-order valence-corrected chi connectivity index (χ3v) is 6.01. The minimum absolute atomic E-state index is 0.0210. The van der Waals surface area contributed by atoms with Crippen LogP contribution in [0.25, 0.3) is 0 Å². The van der Waals surface area contributed by atoms with Crippen molar-refractivity contribution in [3.05, 3.63) is 36.4 Å². The molecule has 1 aliphatic rings. The van der Waals surface area contributed by atoms with Gasteiger partial charge in [0.05, 0.1) is 36.0 Å². The van der Waals surface area contributed by atoms with Crippen molar-refractivity contribution in [2.45, 2.75) is 45.1 Å². The van der Waals surface area contributed by atoms with E-state index in [9.17, 15) is 13.2 Å². The lowest BCUT2D eigenvalue weighted by Crippen LogP contribution is -2.48. The first-order valence-electron chi connectivity index (χ1n) is 10.1. The monoisotopic (exact) mass is 448 g/mol. The fraction of sp³-hybridized carbons (Fsp3) is 0.409. The van der Waals surface area contributed by atoms with Gasteiger partial charge in [0, 0.05) is 13.0 Å². The third kappa shape index (κ3) is 5.04. The normalized spacial score (nSPS) is 14.9. The van der Waals surface area contributed by atoms with Crippen molar-refractivity contribution in [2.24, 2.45) is 0 Å². The molecular weight excluding hydrogens is 420 g/mol. The average Bonchev–Trinajstić information content (AvgIpc) is 2.68. The lowest BCUT2D eigenvalue weighted by Gasteiger charge is -2.39. The van der Waals surface area contributed by atoms with Crippen molar-refractivity contribution in [2.75, 3.05) is 29.4 Å². The molecule has 0 aromatic heterocycles. The molecule has 0 fully saturated rings. The molecule has 1 N–H and O–H groups in total. The summed E-state index contributed by atoms with van der Waals surface area (Å²) in [5.41, 5.74) is 0.191. The van der Waals surface area contributed by atoms with Gasteiger partial charge in [-0.2, -0.15) is 0 Å². The first-order chi connectivity index (χ1) is 14.6. The van der Waals surface area contributed by atoms with Crippen molar-refractivity contribution in [3.63, 3.8) is 0 Å². The van der Waals surface area contributed by atoms with E-state index in [4.69, 9.17) is 14.2 Å². The van der Waals surface area contributed by atoms with Crippen molar-refractivity contribution >= 4 is 27.3 Å². The molecule has 0 bridgehead atoms. The number of fused-ring (bicyclic) bond motifs is 1. The van der Waals surface area contributed by atoms with Gasteiger partial charge < -0.3 is 19.1 Å². The predicted octanol–water partition coefficient (Wildman–Crippen LogP) is 3.81. The molecule has 0 atom stereocenters. The van der Waals surface area contributed by atoms with Gasteiger partial charge in [0.2, 0.25) is 5.91 Å². The first kappa shape index (κ1) is 22.7. The number of carbonyl (C=O) groups is 1. The van der Waals surface area contributed by atoms with Gasteiger partial charge in [0.25, 0.3) is 10.0 Å². The van der Waals surface area contributed by atoms with Crippen molar-refractivity contribution < 1.29 is 27.4 Å².